The third kappa shape index (κ3) is 3.96. The molecule has 1 aliphatic rings. The molecule has 18 heavy (non-hydrogen) atoms. The molecule has 1 saturated carbocycles. The molecule has 0 atom stereocenters. The summed E-state index contributed by atoms with van der Waals surface area (Å²) in [5, 5.41) is 0. The Morgan fingerprint density at radius 2 is 1.83 bits per heavy atom. The normalized spacial score (nSPS) is 16.5. The zero-order valence-corrected chi connectivity index (χ0v) is 11.4. The molecule has 2 rings (SSSR count). The SMILES string of the molecule is ClCC#Cc1ccccc1OC1CCCCCC1. The summed E-state index contributed by atoms with van der Waals surface area (Å²) in [5.41, 5.74) is 0.947. The van der Waals surface area contributed by atoms with E-state index in [1.165, 1.54) is 25.7 Å². The monoisotopic (exact) mass is 262 g/mol. The van der Waals surface area contributed by atoms with Crippen LogP contribution in [0.3, 0.4) is 0 Å². The van der Waals surface area contributed by atoms with Crippen molar-refractivity contribution in [2.75, 3.05) is 5.88 Å². The van der Waals surface area contributed by atoms with Crippen molar-refractivity contribution < 1.29 is 4.74 Å². The number of hydrogen-bond acceptors (Lipinski definition) is 1. The van der Waals surface area contributed by atoms with E-state index in [1.54, 1.807) is 0 Å². The van der Waals surface area contributed by atoms with Crippen LogP contribution in [-0.4, -0.2) is 12.0 Å². The highest BCUT2D eigenvalue weighted by molar-refractivity contribution is 6.19. The number of alkyl halides is 1. The molecule has 1 aliphatic carbocycles. The maximum atomic E-state index is 6.12. The molecular formula is C16H19ClO. The molecule has 0 unspecified atom stereocenters. The quantitative estimate of drug-likeness (QED) is 0.437. The van der Waals surface area contributed by atoms with Crippen molar-refractivity contribution in [3.8, 4) is 17.6 Å². The maximum absolute atomic E-state index is 6.12. The zero-order valence-electron chi connectivity index (χ0n) is 10.6. The van der Waals surface area contributed by atoms with Crippen LogP contribution in [-0.2, 0) is 0 Å². The van der Waals surface area contributed by atoms with E-state index < -0.39 is 0 Å². The van der Waals surface area contributed by atoms with Crippen LogP contribution in [0, 0.1) is 11.8 Å². The third-order valence-electron chi connectivity index (χ3n) is 3.27. The Bertz CT molecular complexity index is 422. The van der Waals surface area contributed by atoms with Crippen LogP contribution in [0.15, 0.2) is 24.3 Å². The number of ether oxygens (including phenoxy) is 1. The van der Waals surface area contributed by atoms with E-state index in [9.17, 15) is 0 Å². The van der Waals surface area contributed by atoms with E-state index in [-0.39, 0.29) is 0 Å². The van der Waals surface area contributed by atoms with Crippen molar-refractivity contribution in [1.29, 1.82) is 0 Å². The van der Waals surface area contributed by atoms with Crippen LogP contribution in [0.2, 0.25) is 0 Å². The van der Waals surface area contributed by atoms with Gasteiger partial charge in [0.1, 0.15) is 5.75 Å². The fraction of sp³-hybridized carbons (Fsp3) is 0.500. The molecule has 0 amide bonds. The predicted molar refractivity (Wildman–Crippen MR) is 76.2 cm³/mol. The van der Waals surface area contributed by atoms with Gasteiger partial charge in [0.05, 0.1) is 17.5 Å². The summed E-state index contributed by atoms with van der Waals surface area (Å²) in [6, 6.07) is 7.98. The van der Waals surface area contributed by atoms with E-state index in [2.05, 4.69) is 11.8 Å². The van der Waals surface area contributed by atoms with E-state index in [4.69, 9.17) is 16.3 Å². The molecule has 1 aromatic rings. The van der Waals surface area contributed by atoms with Crippen LogP contribution in [0.1, 0.15) is 44.1 Å². The van der Waals surface area contributed by atoms with Crippen molar-refractivity contribution in [3.05, 3.63) is 29.8 Å². The molecule has 0 bridgehead atoms. The first-order valence-corrected chi connectivity index (χ1v) is 7.24. The third-order valence-corrected chi connectivity index (χ3v) is 3.41. The average Bonchev–Trinajstić information content (AvgIpc) is 2.66. The Kier molecular flexibility index (Phi) is 5.42. The lowest BCUT2D eigenvalue weighted by Crippen LogP contribution is -2.15. The van der Waals surface area contributed by atoms with Gasteiger partial charge in [-0.1, -0.05) is 36.8 Å². The van der Waals surface area contributed by atoms with Gasteiger partial charge in [0, 0.05) is 0 Å². The predicted octanol–water partition coefficient (Wildman–Crippen LogP) is 4.38. The second-order valence-electron chi connectivity index (χ2n) is 4.66. The van der Waals surface area contributed by atoms with Gasteiger partial charge in [-0.25, -0.2) is 0 Å². The van der Waals surface area contributed by atoms with Gasteiger partial charge >= 0.3 is 0 Å². The van der Waals surface area contributed by atoms with E-state index in [0.717, 1.165) is 24.2 Å². The van der Waals surface area contributed by atoms with Crippen LogP contribution < -0.4 is 4.74 Å². The van der Waals surface area contributed by atoms with Gasteiger partial charge in [0.15, 0.2) is 0 Å². The van der Waals surface area contributed by atoms with Gasteiger partial charge in [0.2, 0.25) is 0 Å². The molecule has 0 saturated heterocycles. The highest BCUT2D eigenvalue weighted by Crippen LogP contribution is 2.25. The van der Waals surface area contributed by atoms with Crippen LogP contribution >= 0.6 is 11.6 Å². The van der Waals surface area contributed by atoms with Crippen molar-refractivity contribution in [3.63, 3.8) is 0 Å². The Hall–Kier alpha value is -1.13. The number of para-hydroxylation sites is 1. The lowest BCUT2D eigenvalue weighted by atomic mass is 10.1. The van der Waals surface area contributed by atoms with Gasteiger partial charge in [-0.3, -0.25) is 0 Å². The molecule has 0 N–H and O–H groups in total. The molecular weight excluding hydrogens is 244 g/mol. The smallest absolute Gasteiger partial charge is 0.135 e. The minimum absolute atomic E-state index is 0.353. The largest absolute Gasteiger partial charge is 0.489 e. The van der Waals surface area contributed by atoms with Gasteiger partial charge < -0.3 is 4.74 Å². The highest BCUT2D eigenvalue weighted by atomic mass is 35.5. The number of rotatable bonds is 2. The van der Waals surface area contributed by atoms with E-state index in [0.29, 0.717) is 12.0 Å². The Labute approximate surface area is 114 Å². The molecule has 0 radical (unpaired) electrons. The Balaban J connectivity index is 2.07. The first-order valence-electron chi connectivity index (χ1n) is 6.70. The summed E-state index contributed by atoms with van der Waals surface area (Å²) in [6.07, 6.45) is 7.92. The second-order valence-corrected chi connectivity index (χ2v) is 4.93. The fourth-order valence-electron chi connectivity index (χ4n) is 2.34. The highest BCUT2D eigenvalue weighted by Gasteiger charge is 2.14. The van der Waals surface area contributed by atoms with Crippen LogP contribution in [0.25, 0.3) is 0 Å². The van der Waals surface area contributed by atoms with Gasteiger partial charge in [-0.05, 0) is 37.8 Å². The second kappa shape index (κ2) is 7.34. The summed E-state index contributed by atoms with van der Waals surface area (Å²) < 4.78 is 6.12. The molecule has 0 heterocycles. The van der Waals surface area contributed by atoms with Crippen molar-refractivity contribution in [2.24, 2.45) is 0 Å². The molecule has 0 aromatic heterocycles. The number of halogens is 1. The topological polar surface area (TPSA) is 9.23 Å². The minimum Gasteiger partial charge on any atom is -0.489 e. The lowest BCUT2D eigenvalue weighted by Gasteiger charge is -2.17. The molecule has 2 heteroatoms. The first kappa shape index (κ1) is 13.3. The van der Waals surface area contributed by atoms with Crippen LogP contribution in [0.5, 0.6) is 5.75 Å². The average molecular weight is 263 g/mol. The molecule has 1 aromatic carbocycles. The number of benzene rings is 1. The molecule has 96 valence electrons. The van der Waals surface area contributed by atoms with Crippen molar-refractivity contribution in [1.82, 2.24) is 0 Å². The molecule has 0 spiro atoms. The summed E-state index contributed by atoms with van der Waals surface area (Å²) in [4.78, 5) is 0. The van der Waals surface area contributed by atoms with Crippen LogP contribution in [0.4, 0.5) is 0 Å². The maximum Gasteiger partial charge on any atom is 0.135 e. The standard InChI is InChI=1S/C16H19ClO/c17-13-7-9-14-8-5-6-12-16(14)18-15-10-3-1-2-4-11-15/h5-6,8,12,15H,1-4,10-11,13H2. The summed E-state index contributed by atoms with van der Waals surface area (Å²) in [7, 11) is 0. The summed E-state index contributed by atoms with van der Waals surface area (Å²) in [6.45, 7) is 0. The van der Waals surface area contributed by atoms with E-state index >= 15 is 0 Å². The van der Waals surface area contributed by atoms with Gasteiger partial charge in [-0.15, -0.1) is 11.6 Å². The lowest BCUT2D eigenvalue weighted by molar-refractivity contribution is 0.183. The van der Waals surface area contributed by atoms with E-state index in [1.807, 2.05) is 24.3 Å². The van der Waals surface area contributed by atoms with Gasteiger partial charge in [0.25, 0.3) is 0 Å². The Morgan fingerprint density at radius 1 is 1.11 bits per heavy atom. The summed E-state index contributed by atoms with van der Waals surface area (Å²) in [5.74, 6) is 7.21. The molecule has 0 aliphatic heterocycles. The van der Waals surface area contributed by atoms with Crippen molar-refractivity contribution >= 4 is 11.6 Å². The first-order chi connectivity index (χ1) is 8.90. The van der Waals surface area contributed by atoms with Crippen molar-refractivity contribution in [2.45, 2.75) is 44.6 Å². The Morgan fingerprint density at radius 3 is 2.56 bits per heavy atom. The number of hydrogen-bond donors (Lipinski definition) is 0. The summed E-state index contributed by atoms with van der Waals surface area (Å²) >= 11 is 5.60. The zero-order chi connectivity index (χ0) is 12.6. The fourth-order valence-corrected chi connectivity index (χ4v) is 2.41. The van der Waals surface area contributed by atoms with Gasteiger partial charge in [-0.2, -0.15) is 0 Å². The minimum atomic E-state index is 0.353. The molecule has 1 nitrogen and oxygen atoms in total. The molecule has 1 fully saturated rings.